The van der Waals surface area contributed by atoms with Gasteiger partial charge in [-0.05, 0) is 5.92 Å². The van der Waals surface area contributed by atoms with E-state index in [0.717, 1.165) is 0 Å². The van der Waals surface area contributed by atoms with Crippen molar-refractivity contribution in [1.82, 2.24) is 0 Å². The van der Waals surface area contributed by atoms with Crippen molar-refractivity contribution in [3.05, 3.63) is 0 Å². The molecule has 0 amide bonds. The van der Waals surface area contributed by atoms with Crippen LogP contribution in [0.5, 0.6) is 0 Å². The fraction of sp³-hybridized carbons (Fsp3) is 0.941. The third-order valence-electron chi connectivity index (χ3n) is 4.89. The van der Waals surface area contributed by atoms with Gasteiger partial charge in [-0.3, -0.25) is 4.79 Å². The van der Waals surface area contributed by atoms with E-state index in [-0.39, 0.29) is 12.3 Å². The number of ether oxygens (including phenoxy) is 4. The molecule has 0 unspecified atom stereocenters. The van der Waals surface area contributed by atoms with Crippen LogP contribution in [0.4, 0.5) is 0 Å². The van der Waals surface area contributed by atoms with Gasteiger partial charge in [0.2, 0.25) is 12.1 Å². The zero-order valence-corrected chi connectivity index (χ0v) is 16.2. The van der Waals surface area contributed by atoms with Crippen LogP contribution in [0.1, 0.15) is 20.3 Å². The predicted octanol–water partition coefficient (Wildman–Crippen LogP) is -3.80. The van der Waals surface area contributed by atoms with Gasteiger partial charge in [0.25, 0.3) is 0 Å². The molecule has 0 aromatic rings. The Bertz CT molecular complexity index is 545. The molecule has 2 aliphatic rings. The summed E-state index contributed by atoms with van der Waals surface area (Å²) in [6.07, 6.45) is -12.7. The molecule has 0 bridgehead atoms. The number of aliphatic hydroxyl groups excluding tert-OH is 7. The standard InChI is InChI=1S/C17H30O12/c1-7(2)3-10(21)27-14-13(24)11(22)8(4-18)26-16(14)29-17(6-20)15(25)12(23)9(5-19)28-17/h7-9,11-16,18-20,22-25H,3-6H2,1-2H3/t8-,9-,11-,12-,13+,14-,15+,16-,17+/m1/s1. The summed E-state index contributed by atoms with van der Waals surface area (Å²) in [6.45, 7) is 1.13. The Kier molecular flexibility index (Phi) is 8.32. The molecule has 170 valence electrons. The Balaban J connectivity index is 2.27. The van der Waals surface area contributed by atoms with Gasteiger partial charge in [0.1, 0.15) is 43.2 Å². The molecule has 0 aromatic heterocycles. The van der Waals surface area contributed by atoms with Gasteiger partial charge in [0.15, 0.2) is 6.10 Å². The first kappa shape index (κ1) is 24.3. The molecule has 2 rings (SSSR count). The van der Waals surface area contributed by atoms with Gasteiger partial charge < -0.3 is 54.7 Å². The first-order valence-corrected chi connectivity index (χ1v) is 9.35. The summed E-state index contributed by atoms with van der Waals surface area (Å²) in [4.78, 5) is 12.1. The Morgan fingerprint density at radius 3 is 2.10 bits per heavy atom. The summed E-state index contributed by atoms with van der Waals surface area (Å²) in [6, 6.07) is 0. The maximum Gasteiger partial charge on any atom is 0.306 e. The molecule has 12 nitrogen and oxygen atoms in total. The largest absolute Gasteiger partial charge is 0.454 e. The van der Waals surface area contributed by atoms with Crippen LogP contribution in [0.3, 0.4) is 0 Å². The summed E-state index contributed by atoms with van der Waals surface area (Å²) in [5, 5.41) is 69.1. The number of aliphatic hydroxyl groups is 7. The van der Waals surface area contributed by atoms with Gasteiger partial charge in [-0.1, -0.05) is 13.8 Å². The number of rotatable bonds is 8. The maximum absolute atomic E-state index is 12.1. The topological polar surface area (TPSA) is 196 Å². The Morgan fingerprint density at radius 2 is 1.62 bits per heavy atom. The highest BCUT2D eigenvalue weighted by Gasteiger charge is 2.59. The molecule has 2 fully saturated rings. The molecule has 2 aliphatic heterocycles. The van der Waals surface area contributed by atoms with E-state index in [4.69, 9.17) is 18.9 Å². The van der Waals surface area contributed by atoms with Gasteiger partial charge in [-0.2, -0.15) is 0 Å². The number of carbonyl (C=O) groups excluding carboxylic acids is 1. The molecule has 2 saturated heterocycles. The van der Waals surface area contributed by atoms with Gasteiger partial charge in [0.05, 0.1) is 13.2 Å². The van der Waals surface area contributed by atoms with Crippen molar-refractivity contribution >= 4 is 5.97 Å². The molecule has 9 atom stereocenters. The zero-order valence-electron chi connectivity index (χ0n) is 16.2. The lowest BCUT2D eigenvalue weighted by molar-refractivity contribution is -0.384. The van der Waals surface area contributed by atoms with E-state index < -0.39 is 80.6 Å². The summed E-state index contributed by atoms with van der Waals surface area (Å²) in [5.74, 6) is -3.07. The fourth-order valence-electron chi connectivity index (χ4n) is 3.28. The van der Waals surface area contributed by atoms with Crippen LogP contribution in [-0.2, 0) is 23.7 Å². The zero-order chi connectivity index (χ0) is 21.9. The molecule has 0 saturated carbocycles. The van der Waals surface area contributed by atoms with Crippen molar-refractivity contribution < 1.29 is 59.5 Å². The number of carbonyl (C=O) groups is 1. The molecule has 7 N–H and O–H groups in total. The van der Waals surface area contributed by atoms with E-state index in [1.165, 1.54) is 0 Å². The van der Waals surface area contributed by atoms with Crippen LogP contribution in [0.25, 0.3) is 0 Å². The second kappa shape index (κ2) is 9.92. The Hall–Kier alpha value is -0.930. The van der Waals surface area contributed by atoms with Crippen molar-refractivity contribution in [2.45, 2.75) is 75.1 Å². The number of hydrogen-bond acceptors (Lipinski definition) is 12. The van der Waals surface area contributed by atoms with E-state index in [1.807, 2.05) is 0 Å². The average molecular weight is 426 g/mol. The predicted molar refractivity (Wildman–Crippen MR) is 92.0 cm³/mol. The third kappa shape index (κ3) is 5.05. The highest BCUT2D eigenvalue weighted by Crippen LogP contribution is 2.36. The quantitative estimate of drug-likeness (QED) is 0.187. The maximum atomic E-state index is 12.1. The minimum absolute atomic E-state index is 0.00890. The van der Waals surface area contributed by atoms with Crippen LogP contribution in [0.2, 0.25) is 0 Å². The molecular formula is C17H30O12. The van der Waals surface area contributed by atoms with E-state index >= 15 is 0 Å². The average Bonchev–Trinajstić information content (AvgIpc) is 2.91. The highest BCUT2D eigenvalue weighted by molar-refractivity contribution is 5.69. The van der Waals surface area contributed by atoms with Crippen molar-refractivity contribution in [3.8, 4) is 0 Å². The van der Waals surface area contributed by atoms with Crippen LogP contribution < -0.4 is 0 Å². The van der Waals surface area contributed by atoms with Gasteiger partial charge in [0, 0.05) is 6.42 Å². The SMILES string of the molecule is CC(C)CC(=O)O[C@H]1[C@@H](O[C@]2(CO)O[C@H](CO)[C@@H](O)[C@@H]2O)O[C@H](CO)[C@@H](O)[C@@H]1O. The number of esters is 1. The van der Waals surface area contributed by atoms with Crippen molar-refractivity contribution in [3.63, 3.8) is 0 Å². The van der Waals surface area contributed by atoms with E-state index in [9.17, 15) is 40.5 Å². The minimum Gasteiger partial charge on any atom is -0.454 e. The monoisotopic (exact) mass is 426 g/mol. The summed E-state index contributed by atoms with van der Waals surface area (Å²) in [7, 11) is 0. The van der Waals surface area contributed by atoms with Crippen molar-refractivity contribution in [2.24, 2.45) is 5.92 Å². The van der Waals surface area contributed by atoms with E-state index in [0.29, 0.717) is 0 Å². The third-order valence-corrected chi connectivity index (χ3v) is 4.89. The fourth-order valence-corrected chi connectivity index (χ4v) is 3.28. The molecule has 0 aliphatic carbocycles. The minimum atomic E-state index is -2.28. The van der Waals surface area contributed by atoms with Gasteiger partial charge in [-0.25, -0.2) is 0 Å². The van der Waals surface area contributed by atoms with Gasteiger partial charge >= 0.3 is 5.97 Å². The van der Waals surface area contributed by atoms with Crippen molar-refractivity contribution in [1.29, 1.82) is 0 Å². The highest BCUT2D eigenvalue weighted by atomic mass is 16.8. The lowest BCUT2D eigenvalue weighted by Gasteiger charge is -2.44. The van der Waals surface area contributed by atoms with Crippen molar-refractivity contribution in [2.75, 3.05) is 19.8 Å². The lowest BCUT2D eigenvalue weighted by atomic mass is 9.98. The lowest BCUT2D eigenvalue weighted by Crippen LogP contribution is -2.63. The van der Waals surface area contributed by atoms with Gasteiger partial charge in [-0.15, -0.1) is 0 Å². The summed E-state index contributed by atoms with van der Waals surface area (Å²) >= 11 is 0. The van der Waals surface area contributed by atoms with E-state index in [2.05, 4.69) is 0 Å². The van der Waals surface area contributed by atoms with Crippen LogP contribution >= 0.6 is 0 Å². The normalized spacial score (nSPS) is 43.0. The summed E-state index contributed by atoms with van der Waals surface area (Å²) < 4.78 is 21.3. The smallest absolute Gasteiger partial charge is 0.306 e. The molecule has 0 aromatic carbocycles. The molecule has 12 heteroatoms. The second-order valence-corrected chi connectivity index (χ2v) is 7.62. The Morgan fingerprint density at radius 1 is 1.00 bits per heavy atom. The summed E-state index contributed by atoms with van der Waals surface area (Å²) in [5.41, 5.74) is 0. The first-order chi connectivity index (χ1) is 13.6. The first-order valence-electron chi connectivity index (χ1n) is 9.35. The van der Waals surface area contributed by atoms with Crippen LogP contribution in [0, 0.1) is 5.92 Å². The van der Waals surface area contributed by atoms with Crippen LogP contribution in [0.15, 0.2) is 0 Å². The molecule has 29 heavy (non-hydrogen) atoms. The second-order valence-electron chi connectivity index (χ2n) is 7.62. The van der Waals surface area contributed by atoms with E-state index in [1.54, 1.807) is 13.8 Å². The molecule has 0 radical (unpaired) electrons. The number of hydrogen-bond donors (Lipinski definition) is 7. The molecule has 2 heterocycles. The molecule has 0 spiro atoms. The Labute approximate surface area is 167 Å². The van der Waals surface area contributed by atoms with Crippen LogP contribution in [-0.4, -0.2) is 116 Å². The molecular weight excluding hydrogens is 396 g/mol.